The fourth-order valence-corrected chi connectivity index (χ4v) is 4.14. The number of piperidine rings is 1. The van der Waals surface area contributed by atoms with Gasteiger partial charge < -0.3 is 20.6 Å². The smallest absolute Gasteiger partial charge is 0.169 e. The zero-order valence-electron chi connectivity index (χ0n) is 13.3. The fraction of sp³-hybridized carbons (Fsp3) is 0.412. The molecule has 2 atom stereocenters. The molecule has 1 aromatic carbocycles. The first-order valence-electron chi connectivity index (χ1n) is 8.23. The summed E-state index contributed by atoms with van der Waals surface area (Å²) in [6.45, 7) is 1.72. The van der Waals surface area contributed by atoms with Crippen LogP contribution in [0.3, 0.4) is 0 Å². The topological polar surface area (TPSA) is 78.5 Å². The number of nitrogens with two attached hydrogens (primary N) is 1. The first-order valence-corrected chi connectivity index (χ1v) is 8.60. The number of nitrogens with zero attached hydrogens (tertiary/aromatic N) is 4. The zero-order chi connectivity index (χ0) is 16.7. The lowest BCUT2D eigenvalue weighted by Gasteiger charge is -2.52. The van der Waals surface area contributed by atoms with Crippen LogP contribution in [0.4, 0.5) is 17.2 Å². The zero-order valence-corrected chi connectivity index (χ0v) is 14.0. The van der Waals surface area contributed by atoms with Crippen LogP contribution in [-0.4, -0.2) is 40.5 Å². The number of nitrogen functional groups attached to an aromatic ring is 1. The lowest BCUT2D eigenvalue weighted by atomic mass is 9.90. The van der Waals surface area contributed by atoms with E-state index in [0.717, 1.165) is 37.3 Å². The Hall–Kier alpha value is -2.21. The van der Waals surface area contributed by atoms with E-state index in [1.807, 2.05) is 12.1 Å². The van der Waals surface area contributed by atoms with Crippen LogP contribution in [0.2, 0.25) is 5.15 Å². The van der Waals surface area contributed by atoms with Crippen molar-refractivity contribution >= 4 is 28.8 Å². The Balaban J connectivity index is 1.64. The lowest BCUT2D eigenvalue weighted by Crippen LogP contribution is -2.61. The van der Waals surface area contributed by atoms with Crippen molar-refractivity contribution < 1.29 is 5.11 Å². The molecule has 2 saturated heterocycles. The molecule has 7 heteroatoms. The monoisotopic (exact) mass is 345 g/mol. The van der Waals surface area contributed by atoms with Crippen molar-refractivity contribution in [1.82, 2.24) is 10.2 Å². The van der Waals surface area contributed by atoms with Gasteiger partial charge in [-0.25, -0.2) is 0 Å². The van der Waals surface area contributed by atoms with E-state index in [1.165, 1.54) is 6.42 Å². The van der Waals surface area contributed by atoms with Crippen LogP contribution >= 0.6 is 11.6 Å². The molecule has 1 aromatic heterocycles. The van der Waals surface area contributed by atoms with Crippen LogP contribution in [-0.2, 0) is 0 Å². The summed E-state index contributed by atoms with van der Waals surface area (Å²) in [6.07, 6.45) is 3.47. The molecule has 6 nitrogen and oxygen atoms in total. The van der Waals surface area contributed by atoms with Crippen LogP contribution in [0.5, 0.6) is 5.75 Å². The number of fused-ring (bicyclic) bond motifs is 2. The van der Waals surface area contributed by atoms with E-state index in [0.29, 0.717) is 28.8 Å². The molecule has 0 aliphatic carbocycles. The van der Waals surface area contributed by atoms with Gasteiger partial charge in [0.25, 0.3) is 0 Å². The summed E-state index contributed by atoms with van der Waals surface area (Å²) < 4.78 is 0. The predicted molar refractivity (Wildman–Crippen MR) is 95.7 cm³/mol. The SMILES string of the molecule is Nc1nnc(Cl)cc1N1C[C@H]2CCC[C@@H](C1)N2c1cccc(O)c1. The van der Waals surface area contributed by atoms with Crippen molar-refractivity contribution in [3.63, 3.8) is 0 Å². The molecule has 0 amide bonds. The third kappa shape index (κ3) is 2.71. The number of rotatable bonds is 2. The second kappa shape index (κ2) is 6.02. The molecule has 0 saturated carbocycles. The first-order chi connectivity index (χ1) is 11.6. The summed E-state index contributed by atoms with van der Waals surface area (Å²) in [6, 6.07) is 10.1. The van der Waals surface area contributed by atoms with Gasteiger partial charge in [0.1, 0.15) is 5.75 Å². The minimum atomic E-state index is 0.308. The Labute approximate surface area is 145 Å². The molecule has 126 valence electrons. The number of benzene rings is 1. The van der Waals surface area contributed by atoms with Crippen molar-refractivity contribution in [2.75, 3.05) is 28.6 Å². The second-order valence-electron chi connectivity index (χ2n) is 6.51. The Morgan fingerprint density at radius 1 is 1.12 bits per heavy atom. The summed E-state index contributed by atoms with van der Waals surface area (Å²) in [7, 11) is 0. The molecule has 0 unspecified atom stereocenters. The molecule has 3 N–H and O–H groups in total. The summed E-state index contributed by atoms with van der Waals surface area (Å²) in [5.41, 5.74) is 7.97. The maximum absolute atomic E-state index is 9.82. The minimum absolute atomic E-state index is 0.308. The number of piperazine rings is 1. The highest BCUT2D eigenvalue weighted by molar-refractivity contribution is 6.29. The molecule has 2 aliphatic rings. The number of anilines is 3. The third-order valence-corrected chi connectivity index (χ3v) is 5.15. The average Bonchev–Trinajstić information content (AvgIpc) is 2.56. The number of hydrogen-bond donors (Lipinski definition) is 2. The van der Waals surface area contributed by atoms with Gasteiger partial charge in [-0.3, -0.25) is 0 Å². The van der Waals surface area contributed by atoms with E-state index in [4.69, 9.17) is 17.3 Å². The summed E-state index contributed by atoms with van der Waals surface area (Å²) in [4.78, 5) is 4.72. The molecule has 0 radical (unpaired) electrons. The van der Waals surface area contributed by atoms with E-state index >= 15 is 0 Å². The maximum atomic E-state index is 9.82. The predicted octanol–water partition coefficient (Wildman–Crippen LogP) is 2.67. The first kappa shape index (κ1) is 15.3. The van der Waals surface area contributed by atoms with Gasteiger partial charge in [-0.05, 0) is 31.4 Å². The fourth-order valence-electron chi connectivity index (χ4n) is 4.00. The maximum Gasteiger partial charge on any atom is 0.169 e. The van der Waals surface area contributed by atoms with Crippen LogP contribution in [0.25, 0.3) is 0 Å². The highest BCUT2D eigenvalue weighted by atomic mass is 35.5. The van der Waals surface area contributed by atoms with Gasteiger partial charge in [-0.1, -0.05) is 17.7 Å². The number of phenolic OH excluding ortho intramolecular Hbond substituents is 1. The van der Waals surface area contributed by atoms with Crippen LogP contribution < -0.4 is 15.5 Å². The Kier molecular flexibility index (Phi) is 3.84. The Morgan fingerprint density at radius 3 is 2.58 bits per heavy atom. The molecule has 2 aliphatic heterocycles. The quantitative estimate of drug-likeness (QED) is 0.871. The van der Waals surface area contributed by atoms with E-state index in [1.54, 1.807) is 12.1 Å². The van der Waals surface area contributed by atoms with Crippen molar-refractivity contribution in [3.8, 4) is 5.75 Å². The van der Waals surface area contributed by atoms with Crippen LogP contribution in [0.15, 0.2) is 30.3 Å². The molecule has 2 fully saturated rings. The van der Waals surface area contributed by atoms with E-state index < -0.39 is 0 Å². The van der Waals surface area contributed by atoms with E-state index in [-0.39, 0.29) is 0 Å². The lowest BCUT2D eigenvalue weighted by molar-refractivity contribution is 0.338. The normalized spacial score (nSPS) is 23.4. The van der Waals surface area contributed by atoms with Gasteiger partial charge in [0.05, 0.1) is 5.69 Å². The number of aromatic nitrogens is 2. The largest absolute Gasteiger partial charge is 0.508 e. The second-order valence-corrected chi connectivity index (χ2v) is 6.90. The molecule has 2 aromatic rings. The van der Waals surface area contributed by atoms with Crippen molar-refractivity contribution in [3.05, 3.63) is 35.5 Å². The number of halogens is 1. The van der Waals surface area contributed by atoms with E-state index in [9.17, 15) is 5.11 Å². The number of phenols is 1. The third-order valence-electron chi connectivity index (χ3n) is 4.96. The Morgan fingerprint density at radius 2 is 1.88 bits per heavy atom. The van der Waals surface area contributed by atoms with Crippen LogP contribution in [0.1, 0.15) is 19.3 Å². The number of hydrogen-bond acceptors (Lipinski definition) is 6. The molecule has 4 rings (SSSR count). The van der Waals surface area contributed by atoms with Gasteiger partial charge >= 0.3 is 0 Å². The summed E-state index contributed by atoms with van der Waals surface area (Å²) in [5.74, 6) is 0.727. The molecular formula is C17H20ClN5O. The minimum Gasteiger partial charge on any atom is -0.508 e. The standard InChI is InChI=1S/C17H20ClN5O/c18-16-8-15(17(19)21-20-16)22-9-12-4-1-5-13(10-22)23(12)11-3-2-6-14(24)7-11/h2-3,6-8,12-13,24H,1,4-5,9-10H2,(H2,19,21)/t12-,13+. The Bertz CT molecular complexity index is 742. The highest BCUT2D eigenvalue weighted by Gasteiger charge is 2.38. The van der Waals surface area contributed by atoms with Gasteiger partial charge in [0.2, 0.25) is 0 Å². The molecule has 3 heterocycles. The summed E-state index contributed by atoms with van der Waals surface area (Å²) >= 11 is 6.00. The van der Waals surface area contributed by atoms with Gasteiger partial charge in [0, 0.05) is 43.0 Å². The summed E-state index contributed by atoms with van der Waals surface area (Å²) in [5, 5.41) is 17.9. The molecular weight excluding hydrogens is 326 g/mol. The molecule has 0 spiro atoms. The molecule has 2 bridgehead atoms. The van der Waals surface area contributed by atoms with Crippen LogP contribution in [0, 0.1) is 0 Å². The van der Waals surface area contributed by atoms with Crippen molar-refractivity contribution in [2.24, 2.45) is 0 Å². The van der Waals surface area contributed by atoms with Gasteiger partial charge in [-0.2, -0.15) is 0 Å². The van der Waals surface area contributed by atoms with Crippen molar-refractivity contribution in [1.29, 1.82) is 0 Å². The van der Waals surface area contributed by atoms with Crippen molar-refractivity contribution in [2.45, 2.75) is 31.3 Å². The molecule has 24 heavy (non-hydrogen) atoms. The van der Waals surface area contributed by atoms with Gasteiger partial charge in [-0.15, -0.1) is 10.2 Å². The highest BCUT2D eigenvalue weighted by Crippen LogP contribution is 2.37. The number of aromatic hydroxyl groups is 1. The average molecular weight is 346 g/mol. The van der Waals surface area contributed by atoms with Gasteiger partial charge in [0.15, 0.2) is 11.0 Å². The van der Waals surface area contributed by atoms with E-state index in [2.05, 4.69) is 26.1 Å².